The topological polar surface area (TPSA) is 58.6 Å². The first-order valence-corrected chi connectivity index (χ1v) is 7.75. The van der Waals surface area contributed by atoms with Gasteiger partial charge in [0.25, 0.3) is 0 Å². The number of rotatable bonds is 5. The van der Waals surface area contributed by atoms with Crippen LogP contribution in [-0.2, 0) is 9.53 Å². The van der Waals surface area contributed by atoms with E-state index in [1.807, 2.05) is 6.92 Å². The van der Waals surface area contributed by atoms with Crippen molar-refractivity contribution in [3.63, 3.8) is 0 Å². The molecule has 19 heavy (non-hydrogen) atoms. The zero-order valence-corrected chi connectivity index (χ0v) is 12.0. The van der Waals surface area contributed by atoms with Crippen molar-refractivity contribution in [3.05, 3.63) is 0 Å². The third kappa shape index (κ3) is 4.18. The lowest BCUT2D eigenvalue weighted by atomic mass is 9.85. The van der Waals surface area contributed by atoms with Gasteiger partial charge >= 0.3 is 5.97 Å². The zero-order chi connectivity index (χ0) is 13.7. The van der Waals surface area contributed by atoms with Crippen LogP contribution in [0.15, 0.2) is 0 Å². The highest BCUT2D eigenvalue weighted by molar-refractivity contribution is 5.72. The molecule has 0 aromatic heterocycles. The van der Waals surface area contributed by atoms with Crippen molar-refractivity contribution >= 4 is 5.97 Å². The van der Waals surface area contributed by atoms with Gasteiger partial charge in [-0.05, 0) is 45.4 Å². The molecule has 0 radical (unpaired) electrons. The van der Waals surface area contributed by atoms with E-state index in [1.165, 1.54) is 0 Å². The molecule has 2 aliphatic rings. The molecule has 110 valence electrons. The second-order valence-corrected chi connectivity index (χ2v) is 6.11. The lowest BCUT2D eigenvalue weighted by molar-refractivity contribution is -0.149. The fourth-order valence-corrected chi connectivity index (χ4v) is 3.34. The highest BCUT2D eigenvalue weighted by Gasteiger charge is 2.33. The second-order valence-electron chi connectivity index (χ2n) is 6.11. The van der Waals surface area contributed by atoms with E-state index in [1.54, 1.807) is 0 Å². The molecule has 2 saturated carbocycles. The molecule has 0 spiro atoms. The number of aliphatic hydroxyl groups is 1. The summed E-state index contributed by atoms with van der Waals surface area (Å²) in [6.45, 7) is 3.04. The van der Waals surface area contributed by atoms with Gasteiger partial charge in [-0.2, -0.15) is 0 Å². The highest BCUT2D eigenvalue weighted by Crippen LogP contribution is 2.30. The summed E-state index contributed by atoms with van der Waals surface area (Å²) in [4.78, 5) is 11.6. The van der Waals surface area contributed by atoms with Crippen LogP contribution in [-0.4, -0.2) is 35.9 Å². The van der Waals surface area contributed by atoms with E-state index < -0.39 is 5.60 Å². The Kier molecular flexibility index (Phi) is 5.22. The Morgan fingerprint density at radius 3 is 2.47 bits per heavy atom. The molecular formula is C15H27NO3. The van der Waals surface area contributed by atoms with E-state index in [4.69, 9.17) is 4.74 Å². The number of ether oxygens (including phenoxy) is 1. The molecule has 2 fully saturated rings. The summed E-state index contributed by atoms with van der Waals surface area (Å²) in [7, 11) is 0. The SMILES string of the molecule is CCOC(=O)C1CCC(NCC2(O)CCCC2)CC1. The van der Waals surface area contributed by atoms with Crippen LogP contribution in [0.2, 0.25) is 0 Å². The summed E-state index contributed by atoms with van der Waals surface area (Å²) < 4.78 is 5.07. The average molecular weight is 269 g/mol. The van der Waals surface area contributed by atoms with E-state index >= 15 is 0 Å². The molecule has 4 nitrogen and oxygen atoms in total. The van der Waals surface area contributed by atoms with E-state index in [9.17, 15) is 9.90 Å². The molecule has 0 unspecified atom stereocenters. The van der Waals surface area contributed by atoms with Gasteiger partial charge in [0.15, 0.2) is 0 Å². The van der Waals surface area contributed by atoms with Crippen molar-refractivity contribution in [2.75, 3.05) is 13.2 Å². The van der Waals surface area contributed by atoms with Gasteiger partial charge in [-0.25, -0.2) is 0 Å². The zero-order valence-electron chi connectivity index (χ0n) is 12.0. The first-order chi connectivity index (χ1) is 9.13. The maximum atomic E-state index is 11.6. The molecule has 2 rings (SSSR count). The Labute approximate surface area is 115 Å². The van der Waals surface area contributed by atoms with Crippen LogP contribution in [0.3, 0.4) is 0 Å². The minimum absolute atomic E-state index is 0.0321. The summed E-state index contributed by atoms with van der Waals surface area (Å²) in [5.74, 6) is 0.0583. The average Bonchev–Trinajstić information content (AvgIpc) is 2.85. The molecule has 0 aromatic rings. The predicted octanol–water partition coefficient (Wildman–Crippen LogP) is 2.00. The fraction of sp³-hybridized carbons (Fsp3) is 0.933. The Hall–Kier alpha value is -0.610. The van der Waals surface area contributed by atoms with Gasteiger partial charge in [-0.1, -0.05) is 12.8 Å². The van der Waals surface area contributed by atoms with Gasteiger partial charge in [0, 0.05) is 12.6 Å². The third-order valence-electron chi connectivity index (χ3n) is 4.60. The van der Waals surface area contributed by atoms with Crippen molar-refractivity contribution in [2.45, 2.75) is 69.9 Å². The predicted molar refractivity (Wildman–Crippen MR) is 73.8 cm³/mol. The summed E-state index contributed by atoms with van der Waals surface area (Å²) >= 11 is 0. The number of hydrogen-bond donors (Lipinski definition) is 2. The van der Waals surface area contributed by atoms with Crippen molar-refractivity contribution in [1.29, 1.82) is 0 Å². The minimum atomic E-state index is -0.474. The normalized spacial score (nSPS) is 30.2. The quantitative estimate of drug-likeness (QED) is 0.750. The third-order valence-corrected chi connectivity index (χ3v) is 4.60. The van der Waals surface area contributed by atoms with Gasteiger partial charge in [0.05, 0.1) is 18.1 Å². The number of nitrogens with one attached hydrogen (secondary N) is 1. The van der Waals surface area contributed by atoms with Gasteiger partial charge in [-0.15, -0.1) is 0 Å². The van der Waals surface area contributed by atoms with Crippen LogP contribution in [0.1, 0.15) is 58.3 Å². The van der Waals surface area contributed by atoms with E-state index in [2.05, 4.69) is 5.32 Å². The maximum absolute atomic E-state index is 11.6. The molecule has 0 aliphatic heterocycles. The van der Waals surface area contributed by atoms with Crippen LogP contribution in [0.4, 0.5) is 0 Å². The van der Waals surface area contributed by atoms with Gasteiger partial charge < -0.3 is 15.2 Å². The molecule has 2 N–H and O–H groups in total. The Bertz CT molecular complexity index is 292. The summed E-state index contributed by atoms with van der Waals surface area (Å²) in [5.41, 5.74) is -0.474. The lowest BCUT2D eigenvalue weighted by Crippen LogP contribution is -2.44. The van der Waals surface area contributed by atoms with Crippen LogP contribution < -0.4 is 5.32 Å². The van der Waals surface area contributed by atoms with Crippen molar-refractivity contribution in [1.82, 2.24) is 5.32 Å². The number of hydrogen-bond acceptors (Lipinski definition) is 4. The molecule has 0 atom stereocenters. The molecule has 0 saturated heterocycles. The first-order valence-electron chi connectivity index (χ1n) is 7.75. The molecule has 0 heterocycles. The molecular weight excluding hydrogens is 242 g/mol. The molecule has 2 aliphatic carbocycles. The second kappa shape index (κ2) is 6.71. The summed E-state index contributed by atoms with van der Waals surface area (Å²) in [5, 5.41) is 13.8. The van der Waals surface area contributed by atoms with Gasteiger partial charge in [0.2, 0.25) is 0 Å². The Balaban J connectivity index is 1.67. The van der Waals surface area contributed by atoms with Gasteiger partial charge in [0.1, 0.15) is 0 Å². The molecule has 4 heteroatoms. The largest absolute Gasteiger partial charge is 0.466 e. The molecule has 0 aromatic carbocycles. The van der Waals surface area contributed by atoms with Crippen LogP contribution in [0.25, 0.3) is 0 Å². The highest BCUT2D eigenvalue weighted by atomic mass is 16.5. The van der Waals surface area contributed by atoms with Crippen LogP contribution >= 0.6 is 0 Å². The number of esters is 1. The van der Waals surface area contributed by atoms with E-state index in [-0.39, 0.29) is 11.9 Å². The Morgan fingerprint density at radius 1 is 1.26 bits per heavy atom. The van der Waals surface area contributed by atoms with Crippen molar-refractivity contribution in [2.24, 2.45) is 5.92 Å². The van der Waals surface area contributed by atoms with Crippen LogP contribution in [0, 0.1) is 5.92 Å². The molecule has 0 amide bonds. The smallest absolute Gasteiger partial charge is 0.308 e. The summed E-state index contributed by atoms with van der Waals surface area (Å²) in [6.07, 6.45) is 8.00. The minimum Gasteiger partial charge on any atom is -0.466 e. The lowest BCUT2D eigenvalue weighted by Gasteiger charge is -2.31. The monoisotopic (exact) mass is 269 g/mol. The Morgan fingerprint density at radius 2 is 1.89 bits per heavy atom. The summed E-state index contributed by atoms with van der Waals surface area (Å²) in [6, 6.07) is 0.454. The van der Waals surface area contributed by atoms with Crippen molar-refractivity contribution < 1.29 is 14.6 Å². The van der Waals surface area contributed by atoms with E-state index in [0.29, 0.717) is 19.2 Å². The standard InChI is InChI=1S/C15H27NO3/c1-2-19-14(17)12-5-7-13(8-6-12)16-11-15(18)9-3-4-10-15/h12-13,16,18H,2-11H2,1H3. The number of carbonyl (C=O) groups is 1. The number of carbonyl (C=O) groups excluding carboxylic acids is 1. The maximum Gasteiger partial charge on any atom is 0.308 e. The fourth-order valence-electron chi connectivity index (χ4n) is 3.34. The van der Waals surface area contributed by atoms with Crippen molar-refractivity contribution in [3.8, 4) is 0 Å². The van der Waals surface area contributed by atoms with Crippen LogP contribution in [0.5, 0.6) is 0 Å². The van der Waals surface area contributed by atoms with E-state index in [0.717, 1.165) is 51.4 Å². The molecule has 0 bridgehead atoms. The first kappa shape index (κ1) is 14.8. The van der Waals surface area contributed by atoms with Gasteiger partial charge in [-0.3, -0.25) is 4.79 Å².